The summed E-state index contributed by atoms with van der Waals surface area (Å²) in [5, 5.41) is 8.88. The molecule has 2 unspecified atom stereocenters. The van der Waals surface area contributed by atoms with Crippen LogP contribution in [0.2, 0.25) is 0 Å². The molecule has 2 fully saturated rings. The van der Waals surface area contributed by atoms with Gasteiger partial charge in [0.25, 0.3) is 0 Å². The fourth-order valence-corrected chi connectivity index (χ4v) is 5.42. The molecule has 0 saturated carbocycles. The molecule has 2 aliphatic rings. The van der Waals surface area contributed by atoms with E-state index in [9.17, 15) is 8.42 Å². The molecule has 182 valence electrons. The molecule has 0 aliphatic carbocycles. The average molecular weight is 485 g/mol. The van der Waals surface area contributed by atoms with E-state index in [4.69, 9.17) is 14.7 Å². The van der Waals surface area contributed by atoms with Crippen LogP contribution in [0.3, 0.4) is 0 Å². The first-order valence-electron chi connectivity index (χ1n) is 11.6. The van der Waals surface area contributed by atoms with Crippen molar-refractivity contribution in [3.05, 3.63) is 65.7 Å². The summed E-state index contributed by atoms with van der Waals surface area (Å²) in [6.07, 6.45) is 1.52. The minimum atomic E-state index is -3.35. The van der Waals surface area contributed by atoms with Crippen molar-refractivity contribution < 1.29 is 17.9 Å². The molecule has 0 radical (unpaired) electrons. The average Bonchev–Trinajstić information content (AvgIpc) is 2.81. The van der Waals surface area contributed by atoms with E-state index in [1.54, 1.807) is 24.3 Å². The minimum Gasteiger partial charge on any atom is -0.492 e. The van der Waals surface area contributed by atoms with Crippen LogP contribution in [-0.2, 0) is 21.3 Å². The highest BCUT2D eigenvalue weighted by atomic mass is 32.2. The minimum absolute atomic E-state index is 0.141. The third-order valence-corrected chi connectivity index (χ3v) is 7.51. The van der Waals surface area contributed by atoms with Crippen LogP contribution >= 0.6 is 0 Å². The molecule has 0 aromatic heterocycles. The Morgan fingerprint density at radius 2 is 1.65 bits per heavy atom. The number of fused-ring (bicyclic) bond motifs is 2. The Hall–Kier alpha value is -2.48. The lowest BCUT2D eigenvalue weighted by molar-refractivity contribution is -0.140. The number of nitrogens with zero attached hydrogens (tertiary/aromatic N) is 4. The zero-order chi connectivity index (χ0) is 24.0. The van der Waals surface area contributed by atoms with Gasteiger partial charge in [0.15, 0.2) is 0 Å². The topological polar surface area (TPSA) is 86.1 Å². The summed E-state index contributed by atoms with van der Waals surface area (Å²) in [6, 6.07) is 19.4. The van der Waals surface area contributed by atoms with Crippen LogP contribution in [0.1, 0.15) is 11.1 Å². The Bertz CT molecular complexity index is 1060. The molecule has 2 aromatic carbocycles. The van der Waals surface area contributed by atoms with Crippen LogP contribution in [0.4, 0.5) is 0 Å². The first-order chi connectivity index (χ1) is 16.4. The van der Waals surface area contributed by atoms with Gasteiger partial charge in [-0.3, -0.25) is 9.80 Å². The fraction of sp³-hybridized carbons (Fsp3) is 0.480. The fourth-order valence-electron chi connectivity index (χ4n) is 4.60. The lowest BCUT2D eigenvalue weighted by atomic mass is 10.1. The Labute approximate surface area is 202 Å². The lowest BCUT2D eigenvalue weighted by Gasteiger charge is -2.46. The van der Waals surface area contributed by atoms with Gasteiger partial charge in [-0.1, -0.05) is 30.3 Å². The van der Waals surface area contributed by atoms with Crippen molar-refractivity contribution in [2.45, 2.75) is 18.8 Å². The highest BCUT2D eigenvalue weighted by Crippen LogP contribution is 2.21. The monoisotopic (exact) mass is 484 g/mol. The smallest absolute Gasteiger partial charge is 0.211 e. The number of hydrogen-bond donors (Lipinski definition) is 0. The first kappa shape index (κ1) is 24.6. The van der Waals surface area contributed by atoms with Gasteiger partial charge in [0.05, 0.1) is 30.1 Å². The molecule has 34 heavy (non-hydrogen) atoms. The van der Waals surface area contributed by atoms with E-state index in [2.05, 4.69) is 40.1 Å². The van der Waals surface area contributed by atoms with E-state index in [-0.39, 0.29) is 25.4 Å². The molecule has 9 heteroatoms. The van der Waals surface area contributed by atoms with Crippen molar-refractivity contribution in [2.75, 3.05) is 58.7 Å². The number of rotatable bonds is 10. The van der Waals surface area contributed by atoms with Gasteiger partial charge in [0.1, 0.15) is 12.4 Å². The largest absolute Gasteiger partial charge is 0.492 e. The maximum Gasteiger partial charge on any atom is 0.211 e. The summed E-state index contributed by atoms with van der Waals surface area (Å²) < 4.78 is 38.0. The molecular formula is C25H32N4O4S. The highest BCUT2D eigenvalue weighted by molar-refractivity contribution is 7.88. The van der Waals surface area contributed by atoms with Crippen molar-refractivity contribution in [2.24, 2.45) is 0 Å². The summed E-state index contributed by atoms with van der Waals surface area (Å²) in [5.74, 6) is 0.619. The Kier molecular flexibility index (Phi) is 8.19. The van der Waals surface area contributed by atoms with Crippen molar-refractivity contribution >= 4 is 10.0 Å². The predicted octanol–water partition coefficient (Wildman–Crippen LogP) is 1.78. The predicted molar refractivity (Wildman–Crippen MR) is 130 cm³/mol. The van der Waals surface area contributed by atoms with Crippen molar-refractivity contribution in [3.63, 3.8) is 0 Å². The summed E-state index contributed by atoms with van der Waals surface area (Å²) in [7, 11) is -3.35. The molecule has 2 atom stereocenters. The molecule has 4 rings (SSSR count). The van der Waals surface area contributed by atoms with Gasteiger partial charge >= 0.3 is 0 Å². The van der Waals surface area contributed by atoms with Gasteiger partial charge in [0.2, 0.25) is 10.0 Å². The maximum absolute atomic E-state index is 12.3. The number of nitriles is 1. The quantitative estimate of drug-likeness (QED) is 0.508. The molecule has 8 nitrogen and oxygen atoms in total. The molecule has 2 saturated heterocycles. The Morgan fingerprint density at radius 1 is 1.00 bits per heavy atom. The molecular weight excluding hydrogens is 452 g/mol. The van der Waals surface area contributed by atoms with Gasteiger partial charge in [0, 0.05) is 52.4 Å². The van der Waals surface area contributed by atoms with Crippen LogP contribution in [0.25, 0.3) is 0 Å². The number of hydrogen-bond acceptors (Lipinski definition) is 7. The van der Waals surface area contributed by atoms with Crippen LogP contribution in [0.15, 0.2) is 54.6 Å². The number of ether oxygens (including phenoxy) is 2. The highest BCUT2D eigenvalue weighted by Gasteiger charge is 2.35. The molecule has 0 spiro atoms. The van der Waals surface area contributed by atoms with Crippen LogP contribution < -0.4 is 4.74 Å². The van der Waals surface area contributed by atoms with E-state index in [0.717, 1.165) is 32.7 Å². The lowest BCUT2D eigenvalue weighted by Crippen LogP contribution is -2.60. The molecule has 0 amide bonds. The first-order valence-corrected chi connectivity index (χ1v) is 13.5. The van der Waals surface area contributed by atoms with E-state index in [1.807, 2.05) is 6.07 Å². The van der Waals surface area contributed by atoms with Crippen LogP contribution in [0, 0.1) is 11.3 Å². The van der Waals surface area contributed by atoms with E-state index in [0.29, 0.717) is 24.4 Å². The van der Waals surface area contributed by atoms with E-state index in [1.165, 1.54) is 16.1 Å². The van der Waals surface area contributed by atoms with Crippen LogP contribution in [0.5, 0.6) is 5.75 Å². The molecule has 2 heterocycles. The molecule has 2 aromatic rings. The summed E-state index contributed by atoms with van der Waals surface area (Å²) in [5.41, 5.74) is 1.87. The van der Waals surface area contributed by atoms with Gasteiger partial charge in [-0.2, -0.15) is 9.57 Å². The van der Waals surface area contributed by atoms with Crippen molar-refractivity contribution in [3.8, 4) is 11.8 Å². The van der Waals surface area contributed by atoms with Crippen LogP contribution in [-0.4, -0.2) is 93.4 Å². The molecule has 0 N–H and O–H groups in total. The van der Waals surface area contributed by atoms with Gasteiger partial charge in [-0.25, -0.2) is 8.42 Å². The van der Waals surface area contributed by atoms with Crippen molar-refractivity contribution in [1.82, 2.24) is 14.1 Å². The van der Waals surface area contributed by atoms with E-state index < -0.39 is 10.0 Å². The summed E-state index contributed by atoms with van der Waals surface area (Å²) in [6.45, 7) is 5.93. The Morgan fingerprint density at radius 3 is 2.26 bits per heavy atom. The number of sulfonamides is 1. The summed E-state index contributed by atoms with van der Waals surface area (Å²) in [4.78, 5) is 4.77. The third-order valence-electron chi connectivity index (χ3n) is 6.21. The zero-order valence-electron chi connectivity index (χ0n) is 19.5. The third kappa shape index (κ3) is 7.01. The Balaban J connectivity index is 1.24. The second kappa shape index (κ2) is 11.3. The SMILES string of the molecule is CS(=O)(=O)N(CCOc1ccc(C#N)cc1)CCN1CC2CN(Cc3ccccc3)CC(C1)O2. The van der Waals surface area contributed by atoms with Gasteiger partial charge < -0.3 is 9.47 Å². The normalized spacial score (nSPS) is 21.3. The second-order valence-corrected chi connectivity index (χ2v) is 10.9. The standard InChI is InChI=1S/C25H32N4O4S/c1-34(30,31)29(13-14-32-23-9-7-21(15-26)8-10-23)12-11-27-17-24-19-28(20-25(18-27)33-24)16-22-5-3-2-4-6-22/h2-10,24-25H,11-14,16-20H2,1H3. The van der Waals surface area contributed by atoms with Crippen molar-refractivity contribution in [1.29, 1.82) is 5.26 Å². The van der Waals surface area contributed by atoms with Gasteiger partial charge in [-0.15, -0.1) is 0 Å². The second-order valence-electron chi connectivity index (χ2n) is 8.97. The maximum atomic E-state index is 12.3. The summed E-state index contributed by atoms with van der Waals surface area (Å²) >= 11 is 0. The molecule has 2 bridgehead atoms. The van der Waals surface area contributed by atoms with Gasteiger partial charge in [-0.05, 0) is 29.8 Å². The van der Waals surface area contributed by atoms with E-state index >= 15 is 0 Å². The zero-order valence-corrected chi connectivity index (χ0v) is 20.4. The number of benzene rings is 2. The number of morpholine rings is 2. The molecule has 2 aliphatic heterocycles.